The molecule has 17 heavy (non-hydrogen) atoms. The molecule has 1 saturated heterocycles. The van der Waals surface area contributed by atoms with E-state index in [4.69, 9.17) is 4.74 Å². The fourth-order valence-electron chi connectivity index (χ4n) is 2.58. The van der Waals surface area contributed by atoms with Gasteiger partial charge in [0.25, 0.3) is 0 Å². The Morgan fingerprint density at radius 3 is 2.82 bits per heavy atom. The predicted molar refractivity (Wildman–Crippen MR) is 66.8 cm³/mol. The van der Waals surface area contributed by atoms with Crippen LogP contribution in [0.3, 0.4) is 0 Å². The average Bonchev–Trinajstić information content (AvgIpc) is 3.14. The lowest BCUT2D eigenvalue weighted by atomic mass is 9.90. The largest absolute Gasteiger partial charge is 0.468 e. The molecule has 1 heterocycles. The zero-order valence-electron chi connectivity index (χ0n) is 11.0. The zero-order chi connectivity index (χ0) is 12.3. The molecule has 0 radical (unpaired) electrons. The van der Waals surface area contributed by atoms with Crippen LogP contribution in [0.2, 0.25) is 0 Å². The van der Waals surface area contributed by atoms with Gasteiger partial charge in [-0.05, 0) is 58.2 Å². The van der Waals surface area contributed by atoms with Crippen LogP contribution in [0, 0.1) is 5.92 Å². The molecule has 4 nitrogen and oxygen atoms in total. The molecular formula is C13H24N2O2. The number of carbonyl (C=O) groups excluding carboxylic acids is 1. The van der Waals surface area contributed by atoms with Crippen LogP contribution in [-0.4, -0.2) is 50.2 Å². The molecule has 1 aliphatic carbocycles. The third-order valence-corrected chi connectivity index (χ3v) is 4.07. The number of rotatable bonds is 4. The average molecular weight is 240 g/mol. The Labute approximate surface area is 104 Å². The van der Waals surface area contributed by atoms with E-state index in [9.17, 15) is 4.79 Å². The highest BCUT2D eigenvalue weighted by Crippen LogP contribution is 2.30. The lowest BCUT2D eigenvalue weighted by Gasteiger charge is -2.31. The minimum Gasteiger partial charge on any atom is -0.468 e. The molecule has 0 spiro atoms. The summed E-state index contributed by atoms with van der Waals surface area (Å²) in [6, 6.07) is 0. The summed E-state index contributed by atoms with van der Waals surface area (Å²) in [5.41, 5.74) is -0.428. The first-order valence-corrected chi connectivity index (χ1v) is 6.68. The van der Waals surface area contributed by atoms with Gasteiger partial charge in [-0.25, -0.2) is 0 Å². The van der Waals surface area contributed by atoms with E-state index >= 15 is 0 Å². The van der Waals surface area contributed by atoms with Crippen molar-refractivity contribution in [3.05, 3.63) is 0 Å². The SMILES string of the molecule is COC(=O)C1(NCC2CC2)CCCN(C)CC1. The maximum atomic E-state index is 12.1. The molecule has 0 bridgehead atoms. The fourth-order valence-corrected chi connectivity index (χ4v) is 2.58. The molecule has 1 aliphatic heterocycles. The van der Waals surface area contributed by atoms with Crippen molar-refractivity contribution in [1.82, 2.24) is 10.2 Å². The molecule has 4 heteroatoms. The van der Waals surface area contributed by atoms with Crippen LogP contribution in [0.15, 0.2) is 0 Å². The van der Waals surface area contributed by atoms with Crippen LogP contribution in [-0.2, 0) is 9.53 Å². The Hall–Kier alpha value is -0.610. The Morgan fingerprint density at radius 1 is 1.41 bits per heavy atom. The monoisotopic (exact) mass is 240 g/mol. The normalized spacial score (nSPS) is 30.9. The first-order valence-electron chi connectivity index (χ1n) is 6.68. The van der Waals surface area contributed by atoms with Gasteiger partial charge in [0.1, 0.15) is 5.54 Å². The number of methoxy groups -OCH3 is 1. The lowest BCUT2D eigenvalue weighted by Crippen LogP contribution is -2.53. The smallest absolute Gasteiger partial charge is 0.326 e. The molecule has 0 aromatic rings. The van der Waals surface area contributed by atoms with E-state index < -0.39 is 5.54 Å². The second-order valence-electron chi connectivity index (χ2n) is 5.55. The Kier molecular flexibility index (Phi) is 4.05. The van der Waals surface area contributed by atoms with E-state index in [0.717, 1.165) is 44.8 Å². The number of carbonyl (C=O) groups is 1. The molecule has 1 unspecified atom stereocenters. The van der Waals surface area contributed by atoms with Gasteiger partial charge in [-0.2, -0.15) is 0 Å². The summed E-state index contributed by atoms with van der Waals surface area (Å²) in [7, 11) is 3.62. The Balaban J connectivity index is 2.01. The first-order chi connectivity index (χ1) is 8.16. The highest BCUT2D eigenvalue weighted by molar-refractivity contribution is 5.80. The minimum absolute atomic E-state index is 0.0755. The molecule has 1 N–H and O–H groups in total. The number of esters is 1. The lowest BCUT2D eigenvalue weighted by molar-refractivity contribution is -0.149. The van der Waals surface area contributed by atoms with E-state index in [1.54, 1.807) is 0 Å². The molecular weight excluding hydrogens is 216 g/mol. The van der Waals surface area contributed by atoms with Crippen LogP contribution in [0.4, 0.5) is 0 Å². The number of hydrogen-bond donors (Lipinski definition) is 1. The number of ether oxygens (including phenoxy) is 1. The fraction of sp³-hybridized carbons (Fsp3) is 0.923. The highest BCUT2D eigenvalue weighted by atomic mass is 16.5. The van der Waals surface area contributed by atoms with Crippen LogP contribution in [0.5, 0.6) is 0 Å². The summed E-state index contributed by atoms with van der Waals surface area (Å²) < 4.78 is 5.02. The summed E-state index contributed by atoms with van der Waals surface area (Å²) in [4.78, 5) is 14.4. The van der Waals surface area contributed by atoms with Gasteiger partial charge in [-0.15, -0.1) is 0 Å². The summed E-state index contributed by atoms with van der Waals surface area (Å²) in [6.45, 7) is 3.01. The van der Waals surface area contributed by atoms with Gasteiger partial charge in [-0.3, -0.25) is 4.79 Å². The molecule has 1 atom stereocenters. The first kappa shape index (κ1) is 12.8. The Bertz CT molecular complexity index is 279. The van der Waals surface area contributed by atoms with Crippen LogP contribution in [0.25, 0.3) is 0 Å². The van der Waals surface area contributed by atoms with E-state index in [1.165, 1.54) is 20.0 Å². The second-order valence-corrected chi connectivity index (χ2v) is 5.55. The van der Waals surface area contributed by atoms with Crippen molar-refractivity contribution in [2.75, 3.05) is 33.8 Å². The minimum atomic E-state index is -0.428. The molecule has 0 aromatic carbocycles. The molecule has 98 valence electrons. The summed E-state index contributed by atoms with van der Waals surface area (Å²) in [5, 5.41) is 3.51. The second kappa shape index (κ2) is 5.36. The van der Waals surface area contributed by atoms with Crippen LogP contribution >= 0.6 is 0 Å². The Morgan fingerprint density at radius 2 is 2.18 bits per heavy atom. The van der Waals surface area contributed by atoms with E-state index in [2.05, 4.69) is 17.3 Å². The summed E-state index contributed by atoms with van der Waals surface area (Å²) in [6.07, 6.45) is 5.44. The van der Waals surface area contributed by atoms with Gasteiger partial charge in [0.15, 0.2) is 0 Å². The number of nitrogens with one attached hydrogen (secondary N) is 1. The van der Waals surface area contributed by atoms with Gasteiger partial charge in [-0.1, -0.05) is 0 Å². The van der Waals surface area contributed by atoms with E-state index in [0.29, 0.717) is 0 Å². The maximum absolute atomic E-state index is 12.1. The summed E-state index contributed by atoms with van der Waals surface area (Å²) in [5.74, 6) is 0.714. The van der Waals surface area contributed by atoms with Crippen molar-refractivity contribution < 1.29 is 9.53 Å². The number of nitrogens with zero attached hydrogens (tertiary/aromatic N) is 1. The van der Waals surface area contributed by atoms with Gasteiger partial charge < -0.3 is 15.0 Å². The van der Waals surface area contributed by atoms with Crippen molar-refractivity contribution in [2.24, 2.45) is 5.92 Å². The van der Waals surface area contributed by atoms with Crippen LogP contribution in [0.1, 0.15) is 32.1 Å². The predicted octanol–water partition coefficient (Wildman–Crippen LogP) is 1.01. The summed E-state index contributed by atoms with van der Waals surface area (Å²) >= 11 is 0. The zero-order valence-corrected chi connectivity index (χ0v) is 11.0. The third kappa shape index (κ3) is 3.19. The standard InChI is InChI=1S/C13H24N2O2/c1-15-8-3-6-13(7-9-15,12(16)17-2)14-10-11-4-5-11/h11,14H,3-10H2,1-2H3. The van der Waals surface area contributed by atoms with Crippen molar-refractivity contribution in [3.8, 4) is 0 Å². The topological polar surface area (TPSA) is 41.6 Å². The van der Waals surface area contributed by atoms with Gasteiger partial charge in [0.05, 0.1) is 7.11 Å². The number of hydrogen-bond acceptors (Lipinski definition) is 4. The van der Waals surface area contributed by atoms with Gasteiger partial charge >= 0.3 is 5.97 Å². The molecule has 0 amide bonds. The molecule has 2 fully saturated rings. The van der Waals surface area contributed by atoms with Crippen molar-refractivity contribution in [1.29, 1.82) is 0 Å². The molecule has 0 aromatic heterocycles. The highest BCUT2D eigenvalue weighted by Gasteiger charge is 2.41. The molecule has 2 rings (SSSR count). The van der Waals surface area contributed by atoms with Gasteiger partial charge in [0, 0.05) is 6.54 Å². The molecule has 1 saturated carbocycles. The van der Waals surface area contributed by atoms with E-state index in [-0.39, 0.29) is 5.97 Å². The van der Waals surface area contributed by atoms with Crippen molar-refractivity contribution in [2.45, 2.75) is 37.6 Å². The maximum Gasteiger partial charge on any atom is 0.326 e. The van der Waals surface area contributed by atoms with Crippen molar-refractivity contribution in [3.63, 3.8) is 0 Å². The van der Waals surface area contributed by atoms with E-state index in [1.807, 2.05) is 0 Å². The van der Waals surface area contributed by atoms with Crippen LogP contribution < -0.4 is 5.32 Å². The third-order valence-electron chi connectivity index (χ3n) is 4.07. The molecule has 2 aliphatic rings. The van der Waals surface area contributed by atoms with Gasteiger partial charge in [0.2, 0.25) is 0 Å². The van der Waals surface area contributed by atoms with Crippen molar-refractivity contribution >= 4 is 5.97 Å². The number of likely N-dealkylation sites (tertiary alicyclic amines) is 1. The quantitative estimate of drug-likeness (QED) is 0.745.